The molecule has 0 aliphatic heterocycles. The van der Waals surface area contributed by atoms with Crippen molar-refractivity contribution >= 4 is 0 Å². The van der Waals surface area contributed by atoms with E-state index in [0.717, 1.165) is 24.2 Å². The summed E-state index contributed by atoms with van der Waals surface area (Å²) in [5.41, 5.74) is 2.58. The molecule has 0 heterocycles. The van der Waals surface area contributed by atoms with E-state index >= 15 is 0 Å². The molecule has 4 aliphatic carbocycles. The highest BCUT2D eigenvalue weighted by Gasteiger charge is 2.58. The molecule has 4 aliphatic rings. The van der Waals surface area contributed by atoms with Crippen LogP contribution >= 0.6 is 0 Å². The van der Waals surface area contributed by atoms with Crippen LogP contribution in [-0.4, -0.2) is 11.2 Å². The second kappa shape index (κ2) is 4.62. The highest BCUT2D eigenvalue weighted by atomic mass is 16.3. The minimum Gasteiger partial charge on any atom is -0.392 e. The van der Waals surface area contributed by atoms with Crippen molar-refractivity contribution in [2.75, 3.05) is 0 Å². The highest BCUT2D eigenvalue weighted by Crippen LogP contribution is 2.66. The lowest BCUT2D eigenvalue weighted by molar-refractivity contribution is -0.0653. The van der Waals surface area contributed by atoms with Crippen molar-refractivity contribution in [3.8, 4) is 0 Å². The zero-order valence-corrected chi connectivity index (χ0v) is 15.0. The number of hydrogen-bond acceptors (Lipinski definition) is 1. The molecule has 6 atom stereocenters. The summed E-state index contributed by atoms with van der Waals surface area (Å²) in [5, 5.41) is 10.5. The quantitative estimate of drug-likeness (QED) is 0.599. The third-order valence-electron chi connectivity index (χ3n) is 8.71. The summed E-state index contributed by atoms with van der Waals surface area (Å²) in [7, 11) is 0. The SMILES string of the molecule is CC12CCCC1C1CC=C3C(C)(C)C(O)CCC3(C)C1CC2. The third kappa shape index (κ3) is 1.81. The first-order chi connectivity index (χ1) is 10.3. The second-order valence-electron chi connectivity index (χ2n) is 10.0. The van der Waals surface area contributed by atoms with Gasteiger partial charge in [0, 0.05) is 5.41 Å². The fraction of sp³-hybridized carbons (Fsp3) is 0.905. The van der Waals surface area contributed by atoms with Crippen molar-refractivity contribution < 1.29 is 5.11 Å². The number of rotatable bonds is 0. The van der Waals surface area contributed by atoms with E-state index in [1.807, 2.05) is 0 Å². The Balaban J connectivity index is 1.73. The van der Waals surface area contributed by atoms with Gasteiger partial charge in [0.25, 0.3) is 0 Å². The summed E-state index contributed by atoms with van der Waals surface area (Å²) in [6, 6.07) is 0. The first-order valence-electron chi connectivity index (χ1n) is 9.68. The van der Waals surface area contributed by atoms with Gasteiger partial charge in [-0.3, -0.25) is 0 Å². The summed E-state index contributed by atoms with van der Waals surface area (Å²) in [5.74, 6) is 2.76. The lowest BCUT2D eigenvalue weighted by atomic mass is 9.45. The van der Waals surface area contributed by atoms with Crippen LogP contribution in [0.5, 0.6) is 0 Å². The first kappa shape index (κ1) is 15.2. The molecule has 1 N–H and O–H groups in total. The standard InChI is InChI=1S/C21H34O/c1-19(2)17-8-7-14-15-6-5-11-20(15,3)12-9-16(14)21(17,4)13-10-18(19)22/h8,14-16,18,22H,5-7,9-13H2,1-4H3. The molecule has 6 unspecified atom stereocenters. The van der Waals surface area contributed by atoms with Gasteiger partial charge in [0.15, 0.2) is 0 Å². The number of aliphatic hydroxyl groups excluding tert-OH is 1. The van der Waals surface area contributed by atoms with Crippen LogP contribution in [0.15, 0.2) is 11.6 Å². The van der Waals surface area contributed by atoms with Gasteiger partial charge in [-0.15, -0.1) is 0 Å². The van der Waals surface area contributed by atoms with E-state index in [1.165, 1.54) is 44.9 Å². The smallest absolute Gasteiger partial charge is 0.0628 e. The Morgan fingerprint density at radius 2 is 1.73 bits per heavy atom. The fourth-order valence-electron chi connectivity index (χ4n) is 7.38. The van der Waals surface area contributed by atoms with Crippen molar-refractivity contribution in [1.29, 1.82) is 0 Å². The van der Waals surface area contributed by atoms with E-state index in [2.05, 4.69) is 33.8 Å². The van der Waals surface area contributed by atoms with E-state index in [1.54, 1.807) is 5.57 Å². The molecule has 3 saturated carbocycles. The van der Waals surface area contributed by atoms with E-state index < -0.39 is 0 Å². The molecule has 0 aromatic carbocycles. The van der Waals surface area contributed by atoms with Gasteiger partial charge in [-0.1, -0.05) is 45.8 Å². The Kier molecular flexibility index (Phi) is 3.20. The lowest BCUT2D eigenvalue weighted by Gasteiger charge is -2.60. The number of fused-ring (bicyclic) bond motifs is 5. The molecule has 0 radical (unpaired) electrons. The molecule has 0 saturated heterocycles. The number of allylic oxidation sites excluding steroid dienone is 1. The second-order valence-corrected chi connectivity index (χ2v) is 10.0. The van der Waals surface area contributed by atoms with Crippen molar-refractivity contribution in [2.45, 2.75) is 85.2 Å². The number of hydrogen-bond donors (Lipinski definition) is 1. The number of aliphatic hydroxyl groups is 1. The fourth-order valence-corrected chi connectivity index (χ4v) is 7.38. The van der Waals surface area contributed by atoms with Crippen LogP contribution in [0.25, 0.3) is 0 Å². The average molecular weight is 303 g/mol. The third-order valence-corrected chi connectivity index (χ3v) is 8.71. The van der Waals surface area contributed by atoms with Gasteiger partial charge < -0.3 is 5.11 Å². The van der Waals surface area contributed by atoms with Crippen LogP contribution in [0.1, 0.15) is 79.1 Å². The summed E-state index contributed by atoms with van der Waals surface area (Å²) in [6.45, 7) is 9.69. The van der Waals surface area contributed by atoms with E-state index in [4.69, 9.17) is 0 Å². The normalized spacial score (nSPS) is 53.2. The summed E-state index contributed by atoms with van der Waals surface area (Å²) < 4.78 is 0. The molecule has 0 bridgehead atoms. The Morgan fingerprint density at radius 3 is 2.50 bits per heavy atom. The molecule has 0 aromatic rings. The lowest BCUT2D eigenvalue weighted by Crippen LogP contribution is -2.53. The van der Waals surface area contributed by atoms with E-state index in [-0.39, 0.29) is 11.5 Å². The first-order valence-corrected chi connectivity index (χ1v) is 9.68. The van der Waals surface area contributed by atoms with Gasteiger partial charge >= 0.3 is 0 Å². The monoisotopic (exact) mass is 302 g/mol. The van der Waals surface area contributed by atoms with Gasteiger partial charge in [-0.2, -0.15) is 0 Å². The van der Waals surface area contributed by atoms with Crippen molar-refractivity contribution in [3.05, 3.63) is 11.6 Å². The maximum absolute atomic E-state index is 10.5. The largest absolute Gasteiger partial charge is 0.392 e. The van der Waals surface area contributed by atoms with Gasteiger partial charge in [0.05, 0.1) is 6.10 Å². The van der Waals surface area contributed by atoms with Crippen molar-refractivity contribution in [3.63, 3.8) is 0 Å². The maximum atomic E-state index is 10.5. The molecular weight excluding hydrogens is 268 g/mol. The molecular formula is C21H34O. The average Bonchev–Trinajstić information content (AvgIpc) is 2.85. The van der Waals surface area contributed by atoms with Crippen LogP contribution in [-0.2, 0) is 0 Å². The van der Waals surface area contributed by atoms with Crippen LogP contribution in [0, 0.1) is 34.0 Å². The molecule has 1 heteroatoms. The molecule has 1 nitrogen and oxygen atoms in total. The highest BCUT2D eigenvalue weighted by molar-refractivity contribution is 5.31. The van der Waals surface area contributed by atoms with E-state index in [0.29, 0.717) is 10.8 Å². The van der Waals surface area contributed by atoms with Gasteiger partial charge in [0.2, 0.25) is 0 Å². The molecule has 0 aromatic heterocycles. The molecule has 3 fully saturated rings. The van der Waals surface area contributed by atoms with Gasteiger partial charge in [-0.05, 0) is 73.5 Å². The molecule has 0 spiro atoms. The molecule has 0 amide bonds. The van der Waals surface area contributed by atoms with Crippen LogP contribution in [0.3, 0.4) is 0 Å². The predicted octanol–water partition coefficient (Wildman–Crippen LogP) is 5.34. The maximum Gasteiger partial charge on any atom is 0.0628 e. The van der Waals surface area contributed by atoms with Crippen LogP contribution < -0.4 is 0 Å². The zero-order chi connectivity index (χ0) is 15.8. The molecule has 4 rings (SSSR count). The van der Waals surface area contributed by atoms with Crippen molar-refractivity contribution in [2.24, 2.45) is 34.0 Å². The summed E-state index contributed by atoms with van der Waals surface area (Å²) in [4.78, 5) is 0. The Morgan fingerprint density at radius 1 is 0.955 bits per heavy atom. The topological polar surface area (TPSA) is 20.2 Å². The Labute approximate surface area is 136 Å². The van der Waals surface area contributed by atoms with Crippen molar-refractivity contribution in [1.82, 2.24) is 0 Å². The van der Waals surface area contributed by atoms with Crippen LogP contribution in [0.4, 0.5) is 0 Å². The van der Waals surface area contributed by atoms with Crippen LogP contribution in [0.2, 0.25) is 0 Å². The zero-order valence-electron chi connectivity index (χ0n) is 15.0. The van der Waals surface area contributed by atoms with Gasteiger partial charge in [0.1, 0.15) is 0 Å². The van der Waals surface area contributed by atoms with E-state index in [9.17, 15) is 5.11 Å². The summed E-state index contributed by atoms with van der Waals surface area (Å²) >= 11 is 0. The predicted molar refractivity (Wildman–Crippen MR) is 91.5 cm³/mol. The minimum absolute atomic E-state index is 0.0194. The Bertz CT molecular complexity index is 504. The molecule has 22 heavy (non-hydrogen) atoms. The molecule has 124 valence electrons. The minimum atomic E-state index is -0.149. The summed E-state index contributed by atoms with van der Waals surface area (Å²) in [6.07, 6.45) is 13.2. The van der Waals surface area contributed by atoms with Gasteiger partial charge in [-0.25, -0.2) is 0 Å². The Hall–Kier alpha value is -0.300.